The molecule has 0 aromatic heterocycles. The lowest BCUT2D eigenvalue weighted by atomic mass is 10.2. The van der Waals surface area contributed by atoms with Crippen molar-refractivity contribution in [2.75, 3.05) is 26.2 Å². The number of rotatable bonds is 0. The fraction of sp³-hybridized carbons (Fsp3) is 0.300. The third kappa shape index (κ3) is 5.15. The van der Waals surface area contributed by atoms with Crippen molar-refractivity contribution in [2.24, 2.45) is 9.98 Å². The van der Waals surface area contributed by atoms with Gasteiger partial charge in [0.2, 0.25) is 0 Å². The van der Waals surface area contributed by atoms with Crippen molar-refractivity contribution in [3.63, 3.8) is 0 Å². The van der Waals surface area contributed by atoms with Crippen LogP contribution < -0.4 is 10.6 Å². The smallest absolute Gasteiger partial charge is 0.0907 e. The number of fused-ring (bicyclic) bond motifs is 2. The zero-order valence-electron chi connectivity index (χ0n) is 14.5. The zero-order chi connectivity index (χ0) is 18.2. The molecule has 136 valence electrons. The third-order valence-electron chi connectivity index (χ3n) is 4.03. The molecular formula is C20H24N4O2. The lowest BCUT2D eigenvalue weighted by Gasteiger charge is -2.18. The summed E-state index contributed by atoms with van der Waals surface area (Å²) in [5, 5.41) is 27.0. The van der Waals surface area contributed by atoms with Crippen LogP contribution in [0.25, 0.3) is 0 Å². The molecule has 2 atom stereocenters. The maximum absolute atomic E-state index is 10.3. The van der Waals surface area contributed by atoms with Crippen LogP contribution in [-0.2, 0) is 0 Å². The number of nitrogens with one attached hydrogen (secondary N) is 2. The highest BCUT2D eigenvalue weighted by Crippen LogP contribution is 2.07. The Morgan fingerprint density at radius 2 is 1.15 bits per heavy atom. The van der Waals surface area contributed by atoms with Crippen molar-refractivity contribution in [1.82, 2.24) is 10.6 Å². The SMILES string of the molecule is OC1CN=C2C=CC=CC=C2NCC(O)CN=C2C=CC=CC=C2NC1. The fourth-order valence-electron chi connectivity index (χ4n) is 2.64. The molecule has 0 amide bonds. The van der Waals surface area contributed by atoms with E-state index < -0.39 is 12.2 Å². The summed E-state index contributed by atoms with van der Waals surface area (Å²) in [5.41, 5.74) is 3.14. The van der Waals surface area contributed by atoms with Crippen molar-refractivity contribution in [3.05, 3.63) is 72.2 Å². The van der Waals surface area contributed by atoms with Gasteiger partial charge in [0.15, 0.2) is 0 Å². The number of allylic oxidation sites excluding steroid dienone is 10. The molecule has 3 rings (SSSR count). The number of aliphatic hydroxyl groups is 2. The van der Waals surface area contributed by atoms with E-state index in [4.69, 9.17) is 0 Å². The topological polar surface area (TPSA) is 89.2 Å². The summed E-state index contributed by atoms with van der Waals surface area (Å²) in [5.74, 6) is 0. The summed E-state index contributed by atoms with van der Waals surface area (Å²) in [4.78, 5) is 9.06. The first-order valence-corrected chi connectivity index (χ1v) is 8.76. The molecule has 0 saturated carbocycles. The van der Waals surface area contributed by atoms with Gasteiger partial charge in [-0.3, -0.25) is 9.98 Å². The zero-order valence-corrected chi connectivity index (χ0v) is 14.5. The molecule has 6 heteroatoms. The maximum Gasteiger partial charge on any atom is 0.0907 e. The Bertz CT molecular complexity index is 690. The maximum atomic E-state index is 10.3. The fourth-order valence-corrected chi connectivity index (χ4v) is 2.64. The monoisotopic (exact) mass is 352 g/mol. The first-order chi connectivity index (χ1) is 12.7. The summed E-state index contributed by atoms with van der Waals surface area (Å²) in [6, 6.07) is 0. The van der Waals surface area contributed by atoms with E-state index in [0.717, 1.165) is 22.8 Å². The van der Waals surface area contributed by atoms with Crippen molar-refractivity contribution in [2.45, 2.75) is 12.2 Å². The van der Waals surface area contributed by atoms with E-state index in [0.29, 0.717) is 13.1 Å². The second-order valence-electron chi connectivity index (χ2n) is 6.17. The van der Waals surface area contributed by atoms with Crippen LogP contribution in [0.2, 0.25) is 0 Å². The Kier molecular flexibility index (Phi) is 6.35. The van der Waals surface area contributed by atoms with Gasteiger partial charge in [0.25, 0.3) is 0 Å². The Hall–Kier alpha value is -2.70. The van der Waals surface area contributed by atoms with Gasteiger partial charge in [-0.2, -0.15) is 0 Å². The molecule has 2 unspecified atom stereocenters. The molecule has 0 aromatic carbocycles. The summed E-state index contributed by atoms with van der Waals surface area (Å²) in [6.07, 6.45) is 17.8. The number of aliphatic imine (C=N–C) groups is 2. The Morgan fingerprint density at radius 1 is 0.692 bits per heavy atom. The number of hydrogen-bond acceptors (Lipinski definition) is 6. The highest BCUT2D eigenvalue weighted by molar-refractivity contribution is 6.09. The summed E-state index contributed by atoms with van der Waals surface area (Å²) in [6.45, 7) is 1.28. The highest BCUT2D eigenvalue weighted by Gasteiger charge is 2.13. The summed E-state index contributed by atoms with van der Waals surface area (Å²) >= 11 is 0. The van der Waals surface area contributed by atoms with Crippen molar-refractivity contribution < 1.29 is 10.2 Å². The molecule has 1 heterocycles. The second-order valence-corrected chi connectivity index (χ2v) is 6.17. The van der Waals surface area contributed by atoms with Gasteiger partial charge in [0.1, 0.15) is 0 Å². The largest absolute Gasteiger partial charge is 0.389 e. The van der Waals surface area contributed by atoms with Crippen molar-refractivity contribution in [3.8, 4) is 0 Å². The minimum atomic E-state index is -0.625. The van der Waals surface area contributed by atoms with Gasteiger partial charge >= 0.3 is 0 Å². The van der Waals surface area contributed by atoms with Crippen LogP contribution in [-0.4, -0.2) is 60.0 Å². The third-order valence-corrected chi connectivity index (χ3v) is 4.03. The van der Waals surface area contributed by atoms with Crippen molar-refractivity contribution in [1.29, 1.82) is 0 Å². The van der Waals surface area contributed by atoms with Crippen LogP contribution in [0, 0.1) is 0 Å². The van der Waals surface area contributed by atoms with Gasteiger partial charge < -0.3 is 20.8 Å². The molecule has 3 aliphatic rings. The highest BCUT2D eigenvalue weighted by atomic mass is 16.3. The number of nitrogens with zero attached hydrogens (tertiary/aromatic N) is 2. The average Bonchev–Trinajstić information content (AvgIpc) is 3.00. The molecule has 6 nitrogen and oxygen atoms in total. The lowest BCUT2D eigenvalue weighted by Crippen LogP contribution is -2.34. The minimum Gasteiger partial charge on any atom is -0.389 e. The van der Waals surface area contributed by atoms with Gasteiger partial charge in [-0.05, 0) is 24.3 Å². The van der Waals surface area contributed by atoms with E-state index >= 15 is 0 Å². The van der Waals surface area contributed by atoms with Crippen molar-refractivity contribution >= 4 is 11.4 Å². The summed E-state index contributed by atoms with van der Waals surface area (Å²) < 4.78 is 0. The minimum absolute atomic E-state index is 0.277. The van der Waals surface area contributed by atoms with E-state index in [1.165, 1.54) is 0 Å². The van der Waals surface area contributed by atoms with E-state index in [2.05, 4.69) is 20.6 Å². The van der Waals surface area contributed by atoms with E-state index in [9.17, 15) is 10.2 Å². The number of β-amino-alcohol motifs (C(OH)–C–C–N with tert-alkyl or cyclic N) is 2. The number of hydrogen-bond donors (Lipinski definition) is 4. The molecule has 0 radical (unpaired) electrons. The molecule has 0 spiro atoms. The van der Waals surface area contributed by atoms with Crippen LogP contribution in [0.3, 0.4) is 0 Å². The Morgan fingerprint density at radius 3 is 1.62 bits per heavy atom. The second kappa shape index (κ2) is 9.12. The van der Waals surface area contributed by atoms with E-state index in [1.807, 2.05) is 60.8 Å². The standard InChI is InChI=1S/C20H24N4O2/c25-15-11-21-17-7-3-1-4-8-18(17)22-12-16(26)14-24-20-10-6-2-5-9-19(20)23-13-15/h1-10,15-16,21,24-26H,11-14H2. The molecule has 0 fully saturated rings. The first kappa shape index (κ1) is 18.1. The predicted molar refractivity (Wildman–Crippen MR) is 105 cm³/mol. The van der Waals surface area contributed by atoms with E-state index in [-0.39, 0.29) is 13.1 Å². The first-order valence-electron chi connectivity index (χ1n) is 8.76. The molecule has 0 bridgehead atoms. The van der Waals surface area contributed by atoms with Crippen LogP contribution >= 0.6 is 0 Å². The van der Waals surface area contributed by atoms with Gasteiger partial charge in [-0.1, -0.05) is 36.5 Å². The van der Waals surface area contributed by atoms with E-state index in [1.54, 1.807) is 0 Å². The van der Waals surface area contributed by atoms with Gasteiger partial charge in [-0.15, -0.1) is 0 Å². The molecule has 2 aliphatic carbocycles. The number of aliphatic hydroxyl groups excluding tert-OH is 2. The van der Waals surface area contributed by atoms with Gasteiger partial charge in [0.05, 0.1) is 48.1 Å². The molecule has 0 saturated heterocycles. The van der Waals surface area contributed by atoms with Crippen LogP contribution in [0.1, 0.15) is 0 Å². The van der Waals surface area contributed by atoms with Crippen LogP contribution in [0.4, 0.5) is 0 Å². The molecule has 26 heavy (non-hydrogen) atoms. The Balaban J connectivity index is 1.83. The van der Waals surface area contributed by atoms with Gasteiger partial charge in [0, 0.05) is 13.1 Å². The lowest BCUT2D eigenvalue weighted by molar-refractivity contribution is 0.182. The average molecular weight is 352 g/mol. The predicted octanol–water partition coefficient (Wildman–Crippen LogP) is 0.803. The molecule has 0 aromatic rings. The van der Waals surface area contributed by atoms with Crippen LogP contribution in [0.15, 0.2) is 82.1 Å². The molecule has 4 N–H and O–H groups in total. The quantitative estimate of drug-likeness (QED) is 0.519. The van der Waals surface area contributed by atoms with Gasteiger partial charge in [-0.25, -0.2) is 0 Å². The molecule has 1 aliphatic heterocycles. The van der Waals surface area contributed by atoms with Crippen LogP contribution in [0.5, 0.6) is 0 Å². The normalized spacial score (nSPS) is 26.4. The molecular weight excluding hydrogens is 328 g/mol. The Labute approximate surface area is 153 Å². The summed E-state index contributed by atoms with van der Waals surface area (Å²) in [7, 11) is 0.